The SMILES string of the molecule is Cc1c(CCC(=O)N2[C@H](CN)CC[C@@H]2CC(N)=O)cnn1C. The molecule has 2 heterocycles. The Labute approximate surface area is 130 Å². The summed E-state index contributed by atoms with van der Waals surface area (Å²) in [7, 11) is 1.88. The van der Waals surface area contributed by atoms with Gasteiger partial charge in [0.05, 0.1) is 6.20 Å². The van der Waals surface area contributed by atoms with Crippen molar-refractivity contribution in [2.24, 2.45) is 18.5 Å². The Morgan fingerprint density at radius 3 is 2.59 bits per heavy atom. The molecule has 1 saturated heterocycles. The second-order valence-electron chi connectivity index (χ2n) is 5.97. The minimum atomic E-state index is -0.372. The average molecular weight is 307 g/mol. The molecule has 1 aromatic rings. The molecule has 0 bridgehead atoms. The number of likely N-dealkylation sites (tertiary alicyclic amines) is 1. The maximum Gasteiger partial charge on any atom is 0.223 e. The van der Waals surface area contributed by atoms with E-state index in [0.717, 1.165) is 24.1 Å². The van der Waals surface area contributed by atoms with Crippen molar-refractivity contribution in [2.75, 3.05) is 6.54 Å². The normalized spacial score (nSPS) is 21.3. The van der Waals surface area contributed by atoms with Crippen molar-refractivity contribution in [3.63, 3.8) is 0 Å². The van der Waals surface area contributed by atoms with Gasteiger partial charge in [-0.05, 0) is 31.7 Å². The lowest BCUT2D eigenvalue weighted by Crippen LogP contribution is -2.45. The molecule has 0 unspecified atom stereocenters. The van der Waals surface area contributed by atoms with Gasteiger partial charge in [-0.1, -0.05) is 0 Å². The van der Waals surface area contributed by atoms with Gasteiger partial charge in [0, 0.05) is 44.2 Å². The summed E-state index contributed by atoms with van der Waals surface area (Å²) in [5.41, 5.74) is 13.2. The first-order valence-electron chi connectivity index (χ1n) is 7.71. The third-order valence-electron chi connectivity index (χ3n) is 4.56. The van der Waals surface area contributed by atoms with Gasteiger partial charge < -0.3 is 16.4 Å². The maximum absolute atomic E-state index is 12.6. The van der Waals surface area contributed by atoms with E-state index < -0.39 is 0 Å². The average Bonchev–Trinajstić information content (AvgIpc) is 3.01. The van der Waals surface area contributed by atoms with Crippen LogP contribution in [0.15, 0.2) is 6.20 Å². The van der Waals surface area contributed by atoms with Crippen molar-refractivity contribution in [3.8, 4) is 0 Å². The number of carbonyl (C=O) groups is 2. The molecule has 2 rings (SSSR count). The monoisotopic (exact) mass is 307 g/mol. The molecule has 0 aliphatic carbocycles. The zero-order valence-corrected chi connectivity index (χ0v) is 13.3. The molecule has 0 radical (unpaired) electrons. The third kappa shape index (κ3) is 3.47. The zero-order valence-electron chi connectivity index (χ0n) is 13.3. The fourth-order valence-corrected chi connectivity index (χ4v) is 3.19. The Kier molecular flexibility index (Phi) is 5.18. The van der Waals surface area contributed by atoms with Crippen LogP contribution in [-0.4, -0.2) is 45.1 Å². The third-order valence-corrected chi connectivity index (χ3v) is 4.56. The van der Waals surface area contributed by atoms with Crippen LogP contribution in [0.5, 0.6) is 0 Å². The minimum Gasteiger partial charge on any atom is -0.370 e. The molecule has 1 aliphatic heterocycles. The second-order valence-corrected chi connectivity index (χ2v) is 5.97. The summed E-state index contributed by atoms with van der Waals surface area (Å²) in [5.74, 6) is -0.328. The van der Waals surface area contributed by atoms with Crippen LogP contribution >= 0.6 is 0 Å². The summed E-state index contributed by atoms with van der Waals surface area (Å²) in [6.07, 6.45) is 4.70. The van der Waals surface area contributed by atoms with E-state index in [2.05, 4.69) is 5.10 Å². The van der Waals surface area contributed by atoms with Crippen LogP contribution in [0, 0.1) is 6.92 Å². The molecule has 7 heteroatoms. The van der Waals surface area contributed by atoms with Crippen molar-refractivity contribution >= 4 is 11.8 Å². The van der Waals surface area contributed by atoms with Gasteiger partial charge in [-0.3, -0.25) is 14.3 Å². The lowest BCUT2D eigenvalue weighted by molar-refractivity contribution is -0.134. The standard InChI is InChI=1S/C15H25N5O2/c1-10-11(9-18-19(10)2)3-6-15(22)20-12(7-14(17)21)4-5-13(20)8-16/h9,12-13H,3-8,16H2,1-2H3,(H2,17,21)/t12-,13+/m1/s1. The van der Waals surface area contributed by atoms with Crippen LogP contribution in [0.25, 0.3) is 0 Å². The first kappa shape index (κ1) is 16.5. The molecule has 122 valence electrons. The molecule has 1 aliphatic rings. The van der Waals surface area contributed by atoms with E-state index in [4.69, 9.17) is 11.5 Å². The molecule has 0 spiro atoms. The fraction of sp³-hybridized carbons (Fsp3) is 0.667. The van der Waals surface area contributed by atoms with Gasteiger partial charge in [-0.2, -0.15) is 5.10 Å². The molecule has 7 nitrogen and oxygen atoms in total. The minimum absolute atomic E-state index is 0.0202. The summed E-state index contributed by atoms with van der Waals surface area (Å²) in [4.78, 5) is 25.6. The molecule has 1 fully saturated rings. The highest BCUT2D eigenvalue weighted by Gasteiger charge is 2.36. The first-order valence-corrected chi connectivity index (χ1v) is 7.71. The van der Waals surface area contributed by atoms with Gasteiger partial charge in [0.1, 0.15) is 0 Å². The zero-order chi connectivity index (χ0) is 16.3. The van der Waals surface area contributed by atoms with Gasteiger partial charge >= 0.3 is 0 Å². The number of primary amides is 1. The number of aromatic nitrogens is 2. The summed E-state index contributed by atoms with van der Waals surface area (Å²) in [5, 5.41) is 4.19. The molecule has 22 heavy (non-hydrogen) atoms. The lowest BCUT2D eigenvalue weighted by atomic mass is 10.1. The Hall–Kier alpha value is -1.89. The van der Waals surface area contributed by atoms with Crippen molar-refractivity contribution in [1.82, 2.24) is 14.7 Å². The summed E-state index contributed by atoms with van der Waals surface area (Å²) >= 11 is 0. The highest BCUT2D eigenvalue weighted by Crippen LogP contribution is 2.27. The predicted molar refractivity (Wildman–Crippen MR) is 82.8 cm³/mol. The van der Waals surface area contributed by atoms with Crippen LogP contribution in [0.3, 0.4) is 0 Å². The smallest absolute Gasteiger partial charge is 0.223 e. The molecule has 0 aromatic carbocycles. The van der Waals surface area contributed by atoms with Crippen molar-refractivity contribution in [2.45, 2.75) is 51.1 Å². The molecule has 2 atom stereocenters. The van der Waals surface area contributed by atoms with E-state index in [-0.39, 0.29) is 30.3 Å². The number of amides is 2. The van der Waals surface area contributed by atoms with E-state index in [9.17, 15) is 9.59 Å². The van der Waals surface area contributed by atoms with Crippen molar-refractivity contribution in [3.05, 3.63) is 17.5 Å². The van der Waals surface area contributed by atoms with Crippen LogP contribution in [0.2, 0.25) is 0 Å². The Morgan fingerprint density at radius 1 is 1.36 bits per heavy atom. The van der Waals surface area contributed by atoms with E-state index in [1.165, 1.54) is 0 Å². The van der Waals surface area contributed by atoms with Gasteiger partial charge in [0.15, 0.2) is 0 Å². The van der Waals surface area contributed by atoms with E-state index in [1.807, 2.05) is 14.0 Å². The van der Waals surface area contributed by atoms with Gasteiger partial charge in [0.25, 0.3) is 0 Å². The van der Waals surface area contributed by atoms with Crippen LogP contribution in [-0.2, 0) is 23.1 Å². The molecule has 1 aromatic heterocycles. The lowest BCUT2D eigenvalue weighted by Gasteiger charge is -2.29. The topological polar surface area (TPSA) is 107 Å². The van der Waals surface area contributed by atoms with Crippen molar-refractivity contribution in [1.29, 1.82) is 0 Å². The molecule has 2 amide bonds. The van der Waals surface area contributed by atoms with E-state index >= 15 is 0 Å². The van der Waals surface area contributed by atoms with E-state index in [0.29, 0.717) is 19.4 Å². The number of nitrogens with zero attached hydrogens (tertiary/aromatic N) is 3. The number of hydrogen-bond acceptors (Lipinski definition) is 4. The van der Waals surface area contributed by atoms with Crippen LogP contribution in [0.1, 0.15) is 36.9 Å². The highest BCUT2D eigenvalue weighted by atomic mass is 16.2. The van der Waals surface area contributed by atoms with Gasteiger partial charge in [-0.25, -0.2) is 0 Å². The molecule has 0 saturated carbocycles. The molecular formula is C15H25N5O2. The summed E-state index contributed by atoms with van der Waals surface area (Å²) in [6.45, 7) is 2.41. The maximum atomic E-state index is 12.6. The number of carbonyl (C=O) groups excluding carboxylic acids is 2. The number of hydrogen-bond donors (Lipinski definition) is 2. The number of rotatable bonds is 6. The van der Waals surface area contributed by atoms with Crippen LogP contribution in [0.4, 0.5) is 0 Å². The summed E-state index contributed by atoms with van der Waals surface area (Å²) < 4.78 is 1.80. The largest absolute Gasteiger partial charge is 0.370 e. The van der Waals surface area contributed by atoms with E-state index in [1.54, 1.807) is 15.8 Å². The van der Waals surface area contributed by atoms with Gasteiger partial charge in [-0.15, -0.1) is 0 Å². The second kappa shape index (κ2) is 6.91. The Morgan fingerprint density at radius 2 is 2.05 bits per heavy atom. The summed E-state index contributed by atoms with van der Waals surface area (Å²) in [6, 6.07) is -0.0830. The van der Waals surface area contributed by atoms with Crippen LogP contribution < -0.4 is 11.5 Å². The first-order chi connectivity index (χ1) is 10.4. The van der Waals surface area contributed by atoms with Gasteiger partial charge in [0.2, 0.25) is 11.8 Å². The predicted octanol–water partition coefficient (Wildman–Crippen LogP) is -0.145. The molecule has 4 N–H and O–H groups in total. The number of nitrogens with two attached hydrogens (primary N) is 2. The fourth-order valence-electron chi connectivity index (χ4n) is 3.19. The highest BCUT2D eigenvalue weighted by molar-refractivity contribution is 5.80. The van der Waals surface area contributed by atoms with Crippen molar-refractivity contribution < 1.29 is 9.59 Å². The Bertz CT molecular complexity index is 554. The quantitative estimate of drug-likeness (QED) is 0.762. The molecular weight excluding hydrogens is 282 g/mol. The number of aryl methyl sites for hydroxylation is 2. The Balaban J connectivity index is 2.01.